The predicted octanol–water partition coefficient (Wildman–Crippen LogP) is 1.36. The molecule has 0 aliphatic carbocycles. The first-order valence-corrected chi connectivity index (χ1v) is 7.31. The first-order chi connectivity index (χ1) is 10.7. The summed E-state index contributed by atoms with van der Waals surface area (Å²) in [5.74, 6) is -0.170. The zero-order valence-electron chi connectivity index (χ0n) is 13.0. The van der Waals surface area contributed by atoms with E-state index in [9.17, 15) is 9.18 Å². The van der Waals surface area contributed by atoms with Gasteiger partial charge < -0.3 is 20.7 Å². The van der Waals surface area contributed by atoms with Gasteiger partial charge in [-0.1, -0.05) is 6.07 Å². The van der Waals surface area contributed by atoms with Crippen molar-refractivity contribution in [1.82, 2.24) is 10.6 Å². The highest BCUT2D eigenvalue weighted by atomic mass is 19.1. The third-order valence-electron chi connectivity index (χ3n) is 2.58. The number of ether oxygens (including phenoxy) is 1. The van der Waals surface area contributed by atoms with E-state index in [0.717, 1.165) is 0 Å². The van der Waals surface area contributed by atoms with Crippen molar-refractivity contribution in [2.75, 3.05) is 38.2 Å². The Morgan fingerprint density at radius 3 is 2.82 bits per heavy atom. The first kappa shape index (κ1) is 17.9. The number of benzene rings is 1. The first-order valence-electron chi connectivity index (χ1n) is 7.31. The fourth-order valence-electron chi connectivity index (χ4n) is 1.65. The summed E-state index contributed by atoms with van der Waals surface area (Å²) >= 11 is 0. The van der Waals surface area contributed by atoms with Crippen LogP contribution in [0, 0.1) is 5.82 Å². The van der Waals surface area contributed by atoms with Gasteiger partial charge in [-0.25, -0.2) is 9.38 Å². The SMILES string of the molecule is CCNC(=NCC(=O)Nc1cccc(F)c1)NCCOCC. The number of halogens is 1. The molecule has 1 aromatic rings. The molecule has 6 nitrogen and oxygen atoms in total. The molecular weight excluding hydrogens is 287 g/mol. The number of aliphatic imine (C=N–C) groups is 1. The van der Waals surface area contributed by atoms with Gasteiger partial charge in [-0.05, 0) is 32.0 Å². The quantitative estimate of drug-likeness (QED) is 0.385. The molecule has 122 valence electrons. The second-order valence-electron chi connectivity index (χ2n) is 4.38. The summed E-state index contributed by atoms with van der Waals surface area (Å²) in [5.41, 5.74) is 0.412. The minimum Gasteiger partial charge on any atom is -0.380 e. The minimum absolute atomic E-state index is 0.0551. The molecular formula is C15H23FN4O2. The molecule has 0 saturated heterocycles. The number of carbonyl (C=O) groups is 1. The van der Waals surface area contributed by atoms with Crippen molar-refractivity contribution in [2.45, 2.75) is 13.8 Å². The molecule has 7 heteroatoms. The second kappa shape index (κ2) is 10.6. The van der Waals surface area contributed by atoms with Crippen LogP contribution < -0.4 is 16.0 Å². The van der Waals surface area contributed by atoms with Gasteiger partial charge in [-0.15, -0.1) is 0 Å². The average molecular weight is 310 g/mol. The summed E-state index contributed by atoms with van der Waals surface area (Å²) in [7, 11) is 0. The molecule has 0 unspecified atom stereocenters. The van der Waals surface area contributed by atoms with Gasteiger partial charge in [0.25, 0.3) is 0 Å². The number of guanidine groups is 1. The number of carbonyl (C=O) groups excluding carboxylic acids is 1. The topological polar surface area (TPSA) is 74.8 Å². The molecule has 0 aliphatic rings. The highest BCUT2D eigenvalue weighted by molar-refractivity contribution is 5.94. The van der Waals surface area contributed by atoms with Gasteiger partial charge in [0.1, 0.15) is 12.4 Å². The third-order valence-corrected chi connectivity index (χ3v) is 2.58. The molecule has 1 rings (SSSR count). The van der Waals surface area contributed by atoms with Gasteiger partial charge in [0.15, 0.2) is 5.96 Å². The minimum atomic E-state index is -0.396. The van der Waals surface area contributed by atoms with Crippen LogP contribution in [0.2, 0.25) is 0 Å². The average Bonchev–Trinajstić information content (AvgIpc) is 2.49. The van der Waals surface area contributed by atoms with Crippen molar-refractivity contribution < 1.29 is 13.9 Å². The van der Waals surface area contributed by atoms with E-state index in [2.05, 4.69) is 20.9 Å². The Morgan fingerprint density at radius 1 is 1.32 bits per heavy atom. The number of nitrogens with one attached hydrogen (secondary N) is 3. The van der Waals surface area contributed by atoms with E-state index < -0.39 is 5.82 Å². The summed E-state index contributed by atoms with van der Waals surface area (Å²) in [6.07, 6.45) is 0. The Morgan fingerprint density at radius 2 is 2.14 bits per heavy atom. The van der Waals surface area contributed by atoms with E-state index in [-0.39, 0.29) is 12.5 Å². The van der Waals surface area contributed by atoms with Crippen molar-refractivity contribution in [3.05, 3.63) is 30.1 Å². The van der Waals surface area contributed by atoms with Crippen LogP contribution in [-0.4, -0.2) is 44.7 Å². The van der Waals surface area contributed by atoms with Crippen LogP contribution in [0.4, 0.5) is 10.1 Å². The van der Waals surface area contributed by atoms with E-state index in [4.69, 9.17) is 4.74 Å². The molecule has 0 bridgehead atoms. The van der Waals surface area contributed by atoms with Crippen LogP contribution >= 0.6 is 0 Å². The number of anilines is 1. The Bertz CT molecular complexity index is 494. The van der Waals surface area contributed by atoms with Gasteiger partial charge in [-0.2, -0.15) is 0 Å². The van der Waals surface area contributed by atoms with Crippen LogP contribution in [0.25, 0.3) is 0 Å². The molecule has 0 aliphatic heterocycles. The van der Waals surface area contributed by atoms with Crippen LogP contribution in [0.5, 0.6) is 0 Å². The smallest absolute Gasteiger partial charge is 0.246 e. The van der Waals surface area contributed by atoms with Crippen LogP contribution in [-0.2, 0) is 9.53 Å². The van der Waals surface area contributed by atoms with Gasteiger partial charge in [0.2, 0.25) is 5.91 Å². The Labute approximate surface area is 130 Å². The number of rotatable bonds is 8. The van der Waals surface area contributed by atoms with Crippen molar-refractivity contribution in [1.29, 1.82) is 0 Å². The zero-order chi connectivity index (χ0) is 16.2. The maximum atomic E-state index is 13.0. The number of hydrogen-bond donors (Lipinski definition) is 3. The van der Waals surface area contributed by atoms with Gasteiger partial charge in [0.05, 0.1) is 6.61 Å². The van der Waals surface area contributed by atoms with Crippen molar-refractivity contribution >= 4 is 17.6 Å². The fraction of sp³-hybridized carbons (Fsp3) is 0.467. The van der Waals surface area contributed by atoms with E-state index in [1.807, 2.05) is 13.8 Å². The highest BCUT2D eigenvalue weighted by Gasteiger charge is 2.03. The number of hydrogen-bond acceptors (Lipinski definition) is 3. The van der Waals surface area contributed by atoms with Crippen LogP contribution in [0.3, 0.4) is 0 Å². The molecule has 3 N–H and O–H groups in total. The van der Waals surface area contributed by atoms with Crippen molar-refractivity contribution in [3.8, 4) is 0 Å². The molecule has 0 fully saturated rings. The van der Waals surface area contributed by atoms with Crippen LogP contribution in [0.15, 0.2) is 29.3 Å². The van der Waals surface area contributed by atoms with Crippen LogP contribution in [0.1, 0.15) is 13.8 Å². The molecule has 0 saturated carbocycles. The maximum absolute atomic E-state index is 13.0. The summed E-state index contributed by atoms with van der Waals surface area (Å²) in [6, 6.07) is 5.73. The zero-order valence-corrected chi connectivity index (χ0v) is 13.0. The van der Waals surface area contributed by atoms with Gasteiger partial charge >= 0.3 is 0 Å². The third kappa shape index (κ3) is 7.58. The van der Waals surface area contributed by atoms with Crippen molar-refractivity contribution in [3.63, 3.8) is 0 Å². The standard InChI is InChI=1S/C15H23FN4O2/c1-3-17-15(18-8-9-22-4-2)19-11-14(21)20-13-7-5-6-12(16)10-13/h5-7,10H,3-4,8-9,11H2,1-2H3,(H,20,21)(H2,17,18,19). The Balaban J connectivity index is 2.45. The highest BCUT2D eigenvalue weighted by Crippen LogP contribution is 2.08. The number of nitrogens with zero attached hydrogens (tertiary/aromatic N) is 1. The predicted molar refractivity (Wildman–Crippen MR) is 85.5 cm³/mol. The molecule has 0 spiro atoms. The lowest BCUT2D eigenvalue weighted by molar-refractivity contribution is -0.114. The van der Waals surface area contributed by atoms with Gasteiger partial charge in [-0.3, -0.25) is 4.79 Å². The van der Waals surface area contributed by atoms with Gasteiger partial charge in [0, 0.05) is 25.4 Å². The summed E-state index contributed by atoms with van der Waals surface area (Å²) in [4.78, 5) is 16.0. The lowest BCUT2D eigenvalue weighted by atomic mass is 10.3. The largest absolute Gasteiger partial charge is 0.380 e. The van der Waals surface area contributed by atoms with E-state index in [1.165, 1.54) is 18.2 Å². The summed E-state index contributed by atoms with van der Waals surface area (Å²) < 4.78 is 18.2. The number of amides is 1. The Kier molecular flexibility index (Phi) is 8.59. The van der Waals surface area contributed by atoms with E-state index >= 15 is 0 Å². The Hall–Kier alpha value is -2.15. The molecule has 0 atom stereocenters. The molecule has 1 amide bonds. The normalized spacial score (nSPS) is 11.1. The second-order valence-corrected chi connectivity index (χ2v) is 4.38. The summed E-state index contributed by atoms with van der Waals surface area (Å²) in [5, 5.41) is 8.68. The maximum Gasteiger partial charge on any atom is 0.246 e. The molecule has 0 radical (unpaired) electrons. The van der Waals surface area contributed by atoms with E-state index in [0.29, 0.717) is 38.0 Å². The fourth-order valence-corrected chi connectivity index (χ4v) is 1.65. The summed E-state index contributed by atoms with van der Waals surface area (Å²) in [6.45, 7) is 6.32. The lowest BCUT2D eigenvalue weighted by Gasteiger charge is -2.11. The van der Waals surface area contributed by atoms with E-state index in [1.54, 1.807) is 6.07 Å². The molecule has 0 aromatic heterocycles. The monoisotopic (exact) mass is 310 g/mol. The molecule has 22 heavy (non-hydrogen) atoms. The molecule has 0 heterocycles. The molecule has 1 aromatic carbocycles. The van der Waals surface area contributed by atoms with Crippen molar-refractivity contribution in [2.24, 2.45) is 4.99 Å². The lowest BCUT2D eigenvalue weighted by Crippen LogP contribution is -2.39.